The van der Waals surface area contributed by atoms with Crippen molar-refractivity contribution in [3.8, 4) is 11.6 Å². The van der Waals surface area contributed by atoms with Gasteiger partial charge in [0.15, 0.2) is 11.2 Å². The number of pyridine rings is 3. The van der Waals surface area contributed by atoms with E-state index in [1.165, 1.54) is 0 Å². The molecule has 3 atom stereocenters. The van der Waals surface area contributed by atoms with Gasteiger partial charge in [-0.3, -0.25) is 9.69 Å². The van der Waals surface area contributed by atoms with Crippen LogP contribution in [0.5, 0.6) is 11.6 Å². The van der Waals surface area contributed by atoms with E-state index in [-0.39, 0.29) is 17.5 Å². The fraction of sp³-hybridized carbons (Fsp3) is 0.500. The van der Waals surface area contributed by atoms with Gasteiger partial charge in [0.05, 0.1) is 41.6 Å². The zero-order chi connectivity index (χ0) is 34.1. The van der Waals surface area contributed by atoms with Crippen LogP contribution >= 0.6 is 0 Å². The zero-order valence-corrected chi connectivity index (χ0v) is 29.5. The number of aromatic nitrogens is 3. The summed E-state index contributed by atoms with van der Waals surface area (Å²) in [6, 6.07) is 11.0. The third-order valence-corrected chi connectivity index (χ3v) is 10.7. The van der Waals surface area contributed by atoms with Crippen molar-refractivity contribution in [2.24, 2.45) is 0 Å². The van der Waals surface area contributed by atoms with Crippen LogP contribution in [0.3, 0.4) is 0 Å². The van der Waals surface area contributed by atoms with Crippen LogP contribution in [0.25, 0.3) is 10.9 Å². The second-order valence-electron chi connectivity index (χ2n) is 13.9. The van der Waals surface area contributed by atoms with Gasteiger partial charge >= 0.3 is 0 Å². The highest BCUT2D eigenvalue weighted by Gasteiger charge is 2.31. The molecule has 0 bridgehead atoms. The number of nitrogens with zero attached hydrogens (tertiary/aromatic N) is 6. The Labute approximate surface area is 289 Å². The number of hydrogen-bond acceptors (Lipinski definition) is 10. The van der Waals surface area contributed by atoms with Crippen LogP contribution in [0.1, 0.15) is 55.3 Å². The van der Waals surface area contributed by atoms with Gasteiger partial charge in [-0.1, -0.05) is 0 Å². The fourth-order valence-electron chi connectivity index (χ4n) is 7.96. The Morgan fingerprint density at radius 3 is 2.73 bits per heavy atom. The maximum absolute atomic E-state index is 14.6. The quantitative estimate of drug-likeness (QED) is 0.242. The summed E-state index contributed by atoms with van der Waals surface area (Å²) in [4.78, 5) is 30.8. The van der Waals surface area contributed by atoms with Crippen LogP contribution < -0.4 is 35.3 Å². The van der Waals surface area contributed by atoms with Gasteiger partial charge in [-0.15, -0.1) is 0 Å². The highest BCUT2D eigenvalue weighted by molar-refractivity contribution is 5.93. The monoisotopic (exact) mass is 666 g/mol. The zero-order valence-electron chi connectivity index (χ0n) is 29.5. The lowest BCUT2D eigenvalue weighted by Gasteiger charge is -2.40. The molecule has 0 spiro atoms. The third-order valence-electron chi connectivity index (χ3n) is 10.7. The Kier molecular flexibility index (Phi) is 9.64. The Balaban J connectivity index is 1.26. The maximum atomic E-state index is 14.6. The van der Waals surface area contributed by atoms with Crippen LogP contribution in [-0.2, 0) is 13.1 Å². The molecule has 11 nitrogen and oxygen atoms in total. The van der Waals surface area contributed by atoms with Gasteiger partial charge in [0.1, 0.15) is 12.4 Å². The van der Waals surface area contributed by atoms with Crippen molar-refractivity contribution in [3.05, 3.63) is 75.8 Å². The molecule has 3 unspecified atom stereocenters. The van der Waals surface area contributed by atoms with Crippen molar-refractivity contribution in [3.63, 3.8) is 0 Å². The number of nitrogens with one attached hydrogen (secondary N) is 2. The summed E-state index contributed by atoms with van der Waals surface area (Å²) >= 11 is 0. The number of methoxy groups -OCH3 is 1. The number of ether oxygens (including phenoxy) is 2. The SMILES string of the molecule is CNc1ccc(N2CCCC(N(Cc3ccnc(OC)c3)Cc3cn4c5c(c(N(C)C6CCCNC6)c(C)cc5c3=O)OCC4C)C2)cn1. The molecular formula is C38H50N8O3. The minimum atomic E-state index is 0.0821. The molecule has 3 aliphatic heterocycles. The average Bonchev–Trinajstić information content (AvgIpc) is 3.14. The summed E-state index contributed by atoms with van der Waals surface area (Å²) < 4.78 is 14.3. The third kappa shape index (κ3) is 6.66. The summed E-state index contributed by atoms with van der Waals surface area (Å²) in [5, 5.41) is 7.41. The van der Waals surface area contributed by atoms with Gasteiger partial charge in [-0.2, -0.15) is 0 Å². The number of rotatable bonds is 10. The van der Waals surface area contributed by atoms with Crippen LogP contribution in [0.2, 0.25) is 0 Å². The van der Waals surface area contributed by atoms with Crippen molar-refractivity contribution >= 4 is 28.1 Å². The molecule has 0 saturated carbocycles. The molecule has 0 aliphatic carbocycles. The number of likely N-dealkylation sites (N-methyl/N-ethyl adjacent to an activating group) is 1. The van der Waals surface area contributed by atoms with Crippen molar-refractivity contribution in [1.82, 2.24) is 24.8 Å². The predicted octanol–water partition coefficient (Wildman–Crippen LogP) is 4.96. The number of benzene rings is 1. The summed E-state index contributed by atoms with van der Waals surface area (Å²) in [6.45, 7) is 9.91. The Morgan fingerprint density at radius 2 is 1.98 bits per heavy atom. The van der Waals surface area contributed by atoms with Crippen molar-refractivity contribution < 1.29 is 9.47 Å². The molecule has 2 fully saturated rings. The minimum Gasteiger partial charge on any atom is -0.487 e. The first-order chi connectivity index (χ1) is 23.8. The average molecular weight is 667 g/mol. The van der Waals surface area contributed by atoms with Crippen LogP contribution in [0.4, 0.5) is 17.2 Å². The first-order valence-electron chi connectivity index (χ1n) is 17.7. The predicted molar refractivity (Wildman–Crippen MR) is 197 cm³/mol. The van der Waals surface area contributed by atoms with Crippen molar-refractivity contribution in [2.75, 3.05) is 69.1 Å². The lowest BCUT2D eigenvalue weighted by atomic mass is 9.99. The second-order valence-corrected chi connectivity index (χ2v) is 13.9. The largest absolute Gasteiger partial charge is 0.487 e. The molecular weight excluding hydrogens is 616 g/mol. The summed E-state index contributed by atoms with van der Waals surface area (Å²) in [7, 11) is 5.70. The van der Waals surface area contributed by atoms with E-state index < -0.39 is 0 Å². The van der Waals surface area contributed by atoms with E-state index in [4.69, 9.17) is 9.47 Å². The lowest BCUT2D eigenvalue weighted by molar-refractivity contribution is 0.157. The normalized spacial score (nSPS) is 20.7. The summed E-state index contributed by atoms with van der Waals surface area (Å²) in [5.74, 6) is 2.29. The molecule has 3 aromatic heterocycles. The fourth-order valence-corrected chi connectivity index (χ4v) is 7.96. The van der Waals surface area contributed by atoms with Gasteiger partial charge in [0.25, 0.3) is 0 Å². The molecule has 1 aromatic carbocycles. The summed E-state index contributed by atoms with van der Waals surface area (Å²) in [5.41, 5.74) is 6.20. The maximum Gasteiger partial charge on any atom is 0.213 e. The number of hydrogen-bond donors (Lipinski definition) is 2. The number of anilines is 3. The standard InChI is InChI=1S/C38H50N8O3/c1-25-16-32-36-38(35(25)43(4)29-8-6-13-40-18-29)49-24-26(2)46(36)22-28(37(32)47)21-45(20-27-12-14-41-34(17-27)48-5)31-9-7-15-44(23-31)30-10-11-33(39-3)42-19-30/h10-12,14,16-17,19,22,26,29,31,40H,6-9,13,15,18,20-21,23-24H2,1-5H3,(H,39,42). The molecule has 2 saturated heterocycles. The van der Waals surface area contributed by atoms with Gasteiger partial charge in [0.2, 0.25) is 5.88 Å². The Morgan fingerprint density at radius 1 is 1.12 bits per heavy atom. The molecule has 4 aromatic rings. The van der Waals surface area contributed by atoms with E-state index in [1.54, 1.807) is 13.3 Å². The van der Waals surface area contributed by atoms with E-state index in [1.807, 2.05) is 31.4 Å². The highest BCUT2D eigenvalue weighted by Crippen LogP contribution is 2.43. The lowest BCUT2D eigenvalue weighted by Crippen LogP contribution is -2.48. The minimum absolute atomic E-state index is 0.0821. The first kappa shape index (κ1) is 33.2. The van der Waals surface area contributed by atoms with E-state index >= 15 is 0 Å². The van der Waals surface area contributed by atoms with Gasteiger partial charge in [0, 0.05) is 82.9 Å². The van der Waals surface area contributed by atoms with E-state index in [0.717, 1.165) is 102 Å². The smallest absolute Gasteiger partial charge is 0.213 e. The van der Waals surface area contributed by atoms with Gasteiger partial charge in [-0.05, 0) is 81.5 Å². The van der Waals surface area contributed by atoms with Crippen molar-refractivity contribution in [2.45, 2.75) is 70.7 Å². The molecule has 0 radical (unpaired) electrons. The van der Waals surface area contributed by atoms with E-state index in [0.29, 0.717) is 31.6 Å². The van der Waals surface area contributed by atoms with Crippen LogP contribution in [0, 0.1) is 6.92 Å². The molecule has 7 rings (SSSR count). The Bertz CT molecular complexity index is 1840. The Hall–Kier alpha value is -4.35. The van der Waals surface area contributed by atoms with Crippen LogP contribution in [-0.4, -0.2) is 85.5 Å². The number of piperidine rings is 2. The van der Waals surface area contributed by atoms with E-state index in [9.17, 15) is 4.79 Å². The second kappa shape index (κ2) is 14.2. The van der Waals surface area contributed by atoms with Gasteiger partial charge in [-0.25, -0.2) is 9.97 Å². The molecule has 11 heteroatoms. The molecule has 49 heavy (non-hydrogen) atoms. The summed E-state index contributed by atoms with van der Waals surface area (Å²) in [6.07, 6.45) is 10.3. The molecule has 2 N–H and O–H groups in total. The highest BCUT2D eigenvalue weighted by atomic mass is 16.5. The van der Waals surface area contributed by atoms with Crippen molar-refractivity contribution in [1.29, 1.82) is 0 Å². The number of aryl methyl sites for hydroxylation is 1. The molecule has 0 amide bonds. The topological polar surface area (TPSA) is 100 Å². The molecule has 260 valence electrons. The first-order valence-corrected chi connectivity index (χ1v) is 17.7. The molecule has 3 aliphatic rings. The van der Waals surface area contributed by atoms with Crippen LogP contribution in [0.15, 0.2) is 53.7 Å². The van der Waals surface area contributed by atoms with Gasteiger partial charge < -0.3 is 34.5 Å². The molecule has 6 heterocycles. The van der Waals surface area contributed by atoms with E-state index in [2.05, 4.69) is 79.1 Å².